The Balaban J connectivity index is 1.40. The molecule has 2 aromatic carbocycles. The van der Waals surface area contributed by atoms with Gasteiger partial charge in [-0.25, -0.2) is 0 Å². The molecule has 2 aliphatic heterocycles. The predicted octanol–water partition coefficient (Wildman–Crippen LogP) is 2.67. The number of benzene rings is 2. The van der Waals surface area contributed by atoms with Crippen molar-refractivity contribution < 1.29 is 19.2 Å². The van der Waals surface area contributed by atoms with Crippen LogP contribution in [0.1, 0.15) is 41.6 Å². The maximum absolute atomic E-state index is 13.8. The van der Waals surface area contributed by atoms with Crippen LogP contribution in [0.4, 0.5) is 5.69 Å². The van der Waals surface area contributed by atoms with Gasteiger partial charge in [0.05, 0.1) is 12.0 Å². The second kappa shape index (κ2) is 11.5. The number of nitrogens with one attached hydrogen (secondary N) is 1. The molecule has 0 aromatic heterocycles. The van der Waals surface area contributed by atoms with E-state index in [2.05, 4.69) is 10.2 Å². The van der Waals surface area contributed by atoms with Crippen molar-refractivity contribution in [3.8, 4) is 5.75 Å². The molecule has 38 heavy (non-hydrogen) atoms. The second-order valence-corrected chi connectivity index (χ2v) is 10.4. The first-order valence-corrected chi connectivity index (χ1v) is 13.4. The molecule has 2 unspecified atom stereocenters. The lowest BCUT2D eigenvalue weighted by Crippen LogP contribution is -2.48. The summed E-state index contributed by atoms with van der Waals surface area (Å²) >= 11 is 0. The molecule has 202 valence electrons. The first-order valence-electron chi connectivity index (χ1n) is 13.4. The average Bonchev–Trinajstić information content (AvgIpc) is 3.74. The zero-order chi connectivity index (χ0) is 26.6. The zero-order valence-electron chi connectivity index (χ0n) is 21.8. The number of likely N-dealkylation sites (tertiary alicyclic amines) is 1. The van der Waals surface area contributed by atoms with Gasteiger partial charge in [-0.1, -0.05) is 18.2 Å². The number of nitro benzene ring substituents is 1. The Labute approximate surface area is 222 Å². The zero-order valence-corrected chi connectivity index (χ0v) is 21.8. The van der Waals surface area contributed by atoms with E-state index < -0.39 is 11.0 Å². The normalized spacial score (nSPS) is 21.8. The lowest BCUT2D eigenvalue weighted by molar-refractivity contribution is -0.384. The summed E-state index contributed by atoms with van der Waals surface area (Å²) < 4.78 is 5.34. The Bertz CT molecular complexity index is 1160. The molecule has 3 aliphatic rings. The molecule has 2 amide bonds. The molecular formula is C28H35N5O5. The number of hydrogen-bond acceptors (Lipinski definition) is 7. The predicted molar refractivity (Wildman–Crippen MR) is 142 cm³/mol. The first kappa shape index (κ1) is 26.1. The van der Waals surface area contributed by atoms with Crippen molar-refractivity contribution in [3.05, 3.63) is 69.8 Å². The van der Waals surface area contributed by atoms with Gasteiger partial charge in [0.2, 0.25) is 5.91 Å². The first-order chi connectivity index (χ1) is 18.4. The quantitative estimate of drug-likeness (QED) is 0.420. The van der Waals surface area contributed by atoms with E-state index in [1.165, 1.54) is 12.1 Å². The highest BCUT2D eigenvalue weighted by Gasteiger charge is 2.46. The molecule has 2 saturated heterocycles. The summed E-state index contributed by atoms with van der Waals surface area (Å²) in [6.45, 7) is 4.04. The third-order valence-electron chi connectivity index (χ3n) is 7.79. The molecule has 2 atom stereocenters. The van der Waals surface area contributed by atoms with Crippen molar-refractivity contribution in [2.24, 2.45) is 0 Å². The number of carbonyl (C=O) groups excluding carboxylic acids is 2. The molecule has 3 fully saturated rings. The standard InChI is InChI=1S/C28H35N5O5/c1-38-25-5-2-4-21(16-25)27(34)32-19-24(17-26(32)28(35)30-14-3-12-29-13-15-30)31(22-10-11-22)18-20-6-8-23(9-7-20)33(36)37/h2,4-9,16,22,24,26,29H,3,10-15,17-19H2,1H3. The van der Waals surface area contributed by atoms with E-state index in [0.717, 1.165) is 37.9 Å². The van der Waals surface area contributed by atoms with Gasteiger partial charge < -0.3 is 19.9 Å². The van der Waals surface area contributed by atoms with E-state index in [9.17, 15) is 19.7 Å². The molecule has 2 aromatic rings. The van der Waals surface area contributed by atoms with Gasteiger partial charge in [-0.05, 0) is 56.0 Å². The van der Waals surface area contributed by atoms with Crippen molar-refractivity contribution in [1.29, 1.82) is 0 Å². The van der Waals surface area contributed by atoms with Gasteiger partial charge >= 0.3 is 0 Å². The van der Waals surface area contributed by atoms with Crippen LogP contribution in [-0.4, -0.2) is 89.4 Å². The minimum absolute atomic E-state index is 0.0125. The van der Waals surface area contributed by atoms with E-state index in [-0.39, 0.29) is 23.5 Å². The lowest BCUT2D eigenvalue weighted by Gasteiger charge is -2.29. The number of amides is 2. The third kappa shape index (κ3) is 5.81. The van der Waals surface area contributed by atoms with Gasteiger partial charge in [-0.3, -0.25) is 24.6 Å². The fourth-order valence-electron chi connectivity index (χ4n) is 5.61. The van der Waals surface area contributed by atoms with Crippen LogP contribution < -0.4 is 10.1 Å². The van der Waals surface area contributed by atoms with Crippen molar-refractivity contribution in [3.63, 3.8) is 0 Å². The molecule has 0 bridgehead atoms. The van der Waals surface area contributed by atoms with Crippen LogP contribution in [-0.2, 0) is 11.3 Å². The smallest absolute Gasteiger partial charge is 0.269 e. The third-order valence-corrected chi connectivity index (χ3v) is 7.79. The Morgan fingerprint density at radius 1 is 1.11 bits per heavy atom. The molecule has 0 radical (unpaired) electrons. The van der Waals surface area contributed by atoms with Gasteiger partial charge in [0.25, 0.3) is 11.6 Å². The van der Waals surface area contributed by atoms with Crippen LogP contribution in [0.15, 0.2) is 48.5 Å². The van der Waals surface area contributed by atoms with Gasteiger partial charge in [0.1, 0.15) is 11.8 Å². The average molecular weight is 522 g/mol. The monoisotopic (exact) mass is 521 g/mol. The number of hydrogen-bond donors (Lipinski definition) is 1. The number of methoxy groups -OCH3 is 1. The number of rotatable bonds is 8. The topological polar surface area (TPSA) is 108 Å². The molecule has 1 N–H and O–H groups in total. The largest absolute Gasteiger partial charge is 0.497 e. The fraction of sp³-hybridized carbons (Fsp3) is 0.500. The minimum Gasteiger partial charge on any atom is -0.497 e. The Hall–Kier alpha value is -3.50. The van der Waals surface area contributed by atoms with Crippen LogP contribution in [0.25, 0.3) is 0 Å². The fourth-order valence-corrected chi connectivity index (χ4v) is 5.61. The minimum atomic E-state index is -0.532. The molecule has 10 nitrogen and oxygen atoms in total. The van der Waals surface area contributed by atoms with Gasteiger partial charge in [-0.15, -0.1) is 0 Å². The summed E-state index contributed by atoms with van der Waals surface area (Å²) in [6.07, 6.45) is 3.61. The summed E-state index contributed by atoms with van der Waals surface area (Å²) in [5.41, 5.74) is 1.57. The molecule has 10 heteroatoms. The summed E-state index contributed by atoms with van der Waals surface area (Å²) in [6, 6.07) is 13.6. The van der Waals surface area contributed by atoms with E-state index >= 15 is 0 Å². The molecule has 2 heterocycles. The highest BCUT2D eigenvalue weighted by Crippen LogP contribution is 2.36. The molecule has 5 rings (SSSR count). The van der Waals surface area contributed by atoms with Crippen molar-refractivity contribution in [2.45, 2.75) is 50.4 Å². The van der Waals surface area contributed by atoms with E-state index in [0.29, 0.717) is 50.0 Å². The van der Waals surface area contributed by atoms with E-state index in [1.54, 1.807) is 48.4 Å². The number of nitro groups is 1. The molecule has 1 saturated carbocycles. The number of ether oxygens (including phenoxy) is 1. The van der Waals surface area contributed by atoms with Crippen LogP contribution in [0.2, 0.25) is 0 Å². The van der Waals surface area contributed by atoms with Crippen LogP contribution in [0, 0.1) is 10.1 Å². The summed E-state index contributed by atoms with van der Waals surface area (Å²) in [7, 11) is 1.57. The molecule has 0 spiro atoms. The second-order valence-electron chi connectivity index (χ2n) is 10.4. The van der Waals surface area contributed by atoms with Crippen LogP contribution >= 0.6 is 0 Å². The van der Waals surface area contributed by atoms with Crippen LogP contribution in [0.5, 0.6) is 5.75 Å². The van der Waals surface area contributed by atoms with Gasteiger partial charge in [0, 0.05) is 62.5 Å². The van der Waals surface area contributed by atoms with Crippen LogP contribution in [0.3, 0.4) is 0 Å². The highest BCUT2D eigenvalue weighted by molar-refractivity contribution is 5.98. The Morgan fingerprint density at radius 2 is 1.89 bits per heavy atom. The van der Waals surface area contributed by atoms with Crippen molar-refractivity contribution >= 4 is 17.5 Å². The number of non-ortho nitro benzene ring substituents is 1. The molecular weight excluding hydrogens is 486 g/mol. The van der Waals surface area contributed by atoms with E-state index in [1.807, 2.05) is 4.90 Å². The van der Waals surface area contributed by atoms with Gasteiger partial charge in [0.15, 0.2) is 0 Å². The summed E-state index contributed by atoms with van der Waals surface area (Å²) in [4.78, 5) is 44.4. The number of nitrogens with zero attached hydrogens (tertiary/aromatic N) is 4. The number of carbonyl (C=O) groups is 2. The Kier molecular flexibility index (Phi) is 7.90. The highest BCUT2D eigenvalue weighted by atomic mass is 16.6. The summed E-state index contributed by atoms with van der Waals surface area (Å²) in [5, 5.41) is 14.4. The maximum atomic E-state index is 13.8. The molecule has 1 aliphatic carbocycles. The lowest BCUT2D eigenvalue weighted by atomic mass is 10.1. The van der Waals surface area contributed by atoms with Gasteiger partial charge in [-0.2, -0.15) is 0 Å². The Morgan fingerprint density at radius 3 is 2.61 bits per heavy atom. The van der Waals surface area contributed by atoms with Crippen molar-refractivity contribution in [2.75, 3.05) is 39.8 Å². The SMILES string of the molecule is COc1cccc(C(=O)N2CC(N(Cc3ccc([N+](=O)[O-])cc3)C3CC3)CC2C(=O)N2CCCNCC2)c1. The summed E-state index contributed by atoms with van der Waals surface area (Å²) in [5.74, 6) is 0.452. The van der Waals surface area contributed by atoms with Crippen molar-refractivity contribution in [1.82, 2.24) is 20.0 Å². The maximum Gasteiger partial charge on any atom is 0.269 e. The van der Waals surface area contributed by atoms with E-state index in [4.69, 9.17) is 4.74 Å².